The van der Waals surface area contributed by atoms with Crippen LogP contribution in [0.5, 0.6) is 0 Å². The van der Waals surface area contributed by atoms with Gasteiger partial charge in [0, 0.05) is 34.2 Å². The summed E-state index contributed by atoms with van der Waals surface area (Å²) in [5.41, 5.74) is 7.10. The lowest BCUT2D eigenvalue weighted by Gasteiger charge is -2.46. The van der Waals surface area contributed by atoms with Gasteiger partial charge in [0.25, 0.3) is 0 Å². The molecule has 0 saturated carbocycles. The Hall–Kier alpha value is -1.50. The van der Waals surface area contributed by atoms with Crippen molar-refractivity contribution in [3.63, 3.8) is 0 Å². The van der Waals surface area contributed by atoms with Gasteiger partial charge in [-0.3, -0.25) is 0 Å². The molecule has 136 valence electrons. The molecule has 6 heteroatoms. The number of anilines is 1. The molecule has 1 unspecified atom stereocenters. The van der Waals surface area contributed by atoms with Crippen molar-refractivity contribution in [2.75, 3.05) is 5.32 Å². The van der Waals surface area contributed by atoms with Gasteiger partial charge in [-0.1, -0.05) is 0 Å². The Kier molecular flexibility index (Phi) is 4.88. The minimum absolute atomic E-state index is 0.0531. The first-order valence-electron chi connectivity index (χ1n) is 8.88. The van der Waals surface area contributed by atoms with Gasteiger partial charge in [0.1, 0.15) is 0 Å². The second-order valence-electron chi connectivity index (χ2n) is 8.40. The van der Waals surface area contributed by atoms with Crippen LogP contribution in [0.15, 0.2) is 24.4 Å². The predicted molar refractivity (Wildman–Crippen MR) is 106 cm³/mol. The first-order valence-corrected chi connectivity index (χ1v) is 9.70. The highest BCUT2D eigenvalue weighted by atomic mass is 32.1. The highest BCUT2D eigenvalue weighted by molar-refractivity contribution is 7.15. The quantitative estimate of drug-likeness (QED) is 0.771. The van der Waals surface area contributed by atoms with E-state index in [2.05, 4.69) is 55.4 Å². The summed E-state index contributed by atoms with van der Waals surface area (Å²) in [5, 5.41) is 7.26. The van der Waals surface area contributed by atoms with E-state index in [1.54, 1.807) is 11.3 Å². The Morgan fingerprint density at radius 1 is 1.20 bits per heavy atom. The van der Waals surface area contributed by atoms with Crippen molar-refractivity contribution in [3.05, 3.63) is 29.3 Å². The first-order chi connectivity index (χ1) is 11.6. The highest BCUT2D eigenvalue weighted by Gasteiger charge is 2.37. The molecule has 0 spiro atoms. The molecule has 25 heavy (non-hydrogen) atoms. The molecule has 0 amide bonds. The number of nitrogens with one attached hydrogen (secondary N) is 2. The summed E-state index contributed by atoms with van der Waals surface area (Å²) in [4.78, 5) is 11.5. The van der Waals surface area contributed by atoms with Crippen LogP contribution in [0.4, 0.5) is 5.95 Å². The summed E-state index contributed by atoms with van der Waals surface area (Å²) in [6.45, 7) is 11.0. The largest absolute Gasteiger partial charge is 0.351 e. The molecule has 1 atom stereocenters. The molecular formula is C19H29N5S. The van der Waals surface area contributed by atoms with Crippen LogP contribution in [-0.4, -0.2) is 27.1 Å². The van der Waals surface area contributed by atoms with Crippen LogP contribution in [0.25, 0.3) is 10.6 Å². The van der Waals surface area contributed by atoms with Crippen molar-refractivity contribution < 1.29 is 0 Å². The molecule has 3 heterocycles. The van der Waals surface area contributed by atoms with E-state index < -0.39 is 0 Å². The smallest absolute Gasteiger partial charge is 0.223 e. The van der Waals surface area contributed by atoms with Crippen LogP contribution in [0.2, 0.25) is 0 Å². The second kappa shape index (κ2) is 6.67. The molecule has 3 rings (SSSR count). The van der Waals surface area contributed by atoms with Crippen LogP contribution >= 0.6 is 11.3 Å². The molecule has 1 aliphatic heterocycles. The van der Waals surface area contributed by atoms with Gasteiger partial charge in [-0.2, -0.15) is 0 Å². The van der Waals surface area contributed by atoms with Gasteiger partial charge >= 0.3 is 0 Å². The molecule has 2 aromatic heterocycles. The monoisotopic (exact) mass is 359 g/mol. The van der Waals surface area contributed by atoms with E-state index in [-0.39, 0.29) is 17.1 Å². The van der Waals surface area contributed by atoms with Crippen LogP contribution in [0, 0.1) is 0 Å². The highest BCUT2D eigenvalue weighted by Crippen LogP contribution is 2.32. The normalized spacial score (nSPS) is 21.0. The van der Waals surface area contributed by atoms with E-state index in [4.69, 9.17) is 10.7 Å². The van der Waals surface area contributed by atoms with Crippen molar-refractivity contribution in [1.29, 1.82) is 0 Å². The van der Waals surface area contributed by atoms with Crippen molar-refractivity contribution in [2.24, 2.45) is 5.73 Å². The van der Waals surface area contributed by atoms with Crippen LogP contribution in [-0.2, 0) is 0 Å². The lowest BCUT2D eigenvalue weighted by atomic mass is 9.80. The zero-order valence-electron chi connectivity index (χ0n) is 15.8. The number of hydrogen-bond donors (Lipinski definition) is 3. The molecular weight excluding hydrogens is 330 g/mol. The van der Waals surface area contributed by atoms with Gasteiger partial charge in [-0.25, -0.2) is 9.97 Å². The number of piperidine rings is 1. The SMILES string of the molecule is CC(N)c1ccc(-c2ccnc(NC3CC(C)(C)NC(C)(C)C3)n2)s1. The molecule has 0 bridgehead atoms. The average Bonchev–Trinajstić information content (AvgIpc) is 2.94. The minimum atomic E-state index is 0.0531. The second-order valence-corrected chi connectivity index (χ2v) is 9.51. The molecule has 1 fully saturated rings. The Morgan fingerprint density at radius 3 is 2.48 bits per heavy atom. The fraction of sp³-hybridized carbons (Fsp3) is 0.579. The molecule has 4 N–H and O–H groups in total. The number of hydrogen-bond acceptors (Lipinski definition) is 6. The third kappa shape index (κ3) is 4.57. The lowest BCUT2D eigenvalue weighted by Crippen LogP contribution is -2.60. The Labute approximate surface area is 154 Å². The van der Waals surface area contributed by atoms with Crippen LogP contribution in [0.1, 0.15) is 58.4 Å². The maximum Gasteiger partial charge on any atom is 0.223 e. The summed E-state index contributed by atoms with van der Waals surface area (Å²) in [6.07, 6.45) is 3.91. The molecule has 2 aromatic rings. The van der Waals surface area contributed by atoms with Crippen LogP contribution < -0.4 is 16.4 Å². The Morgan fingerprint density at radius 2 is 1.88 bits per heavy atom. The number of rotatable bonds is 4. The molecule has 5 nitrogen and oxygen atoms in total. The number of aromatic nitrogens is 2. The van der Waals surface area contributed by atoms with Gasteiger partial charge in [0.2, 0.25) is 5.95 Å². The van der Waals surface area contributed by atoms with Crippen molar-refractivity contribution in [2.45, 2.75) is 70.6 Å². The van der Waals surface area contributed by atoms with E-state index in [0.29, 0.717) is 12.0 Å². The Bertz CT molecular complexity index is 719. The van der Waals surface area contributed by atoms with Gasteiger partial charge in [-0.05, 0) is 65.7 Å². The standard InChI is InChI=1S/C19H29N5S/c1-12(20)15-6-7-16(25-15)14-8-9-21-17(23-14)22-13-10-18(2,3)24-19(4,5)11-13/h6-9,12-13,24H,10-11,20H2,1-5H3,(H,21,22,23). The van der Waals surface area contributed by atoms with Crippen molar-refractivity contribution in [1.82, 2.24) is 15.3 Å². The van der Waals surface area contributed by atoms with Crippen molar-refractivity contribution in [3.8, 4) is 10.6 Å². The maximum atomic E-state index is 5.97. The van der Waals surface area contributed by atoms with Crippen LogP contribution in [0.3, 0.4) is 0 Å². The van der Waals surface area contributed by atoms with Gasteiger partial charge in [0.15, 0.2) is 0 Å². The summed E-state index contributed by atoms with van der Waals surface area (Å²) in [5.74, 6) is 0.701. The maximum absolute atomic E-state index is 5.97. The van der Waals surface area contributed by atoms with Gasteiger partial charge in [-0.15, -0.1) is 11.3 Å². The molecule has 0 aliphatic carbocycles. The number of nitrogens with two attached hydrogens (primary N) is 1. The zero-order chi connectivity index (χ0) is 18.2. The van der Waals surface area contributed by atoms with Crippen molar-refractivity contribution >= 4 is 17.3 Å². The van der Waals surface area contributed by atoms with E-state index in [1.165, 1.54) is 4.88 Å². The number of nitrogens with zero attached hydrogens (tertiary/aromatic N) is 2. The molecule has 0 aromatic carbocycles. The van der Waals surface area contributed by atoms with E-state index in [0.717, 1.165) is 23.4 Å². The Balaban J connectivity index is 1.77. The first kappa shape index (κ1) is 18.3. The lowest BCUT2D eigenvalue weighted by molar-refractivity contribution is 0.170. The fourth-order valence-electron chi connectivity index (χ4n) is 3.91. The number of thiophene rings is 1. The van der Waals surface area contributed by atoms with E-state index in [9.17, 15) is 0 Å². The summed E-state index contributed by atoms with van der Waals surface area (Å²) in [7, 11) is 0. The van der Waals surface area contributed by atoms with E-state index >= 15 is 0 Å². The molecule has 0 radical (unpaired) electrons. The predicted octanol–water partition coefficient (Wildman–Crippen LogP) is 3.95. The topological polar surface area (TPSA) is 75.9 Å². The fourth-order valence-corrected chi connectivity index (χ4v) is 4.84. The minimum Gasteiger partial charge on any atom is -0.351 e. The summed E-state index contributed by atoms with van der Waals surface area (Å²) in [6, 6.07) is 6.53. The van der Waals surface area contributed by atoms with E-state index in [1.807, 2.05) is 19.2 Å². The van der Waals surface area contributed by atoms with Gasteiger partial charge in [0.05, 0.1) is 10.6 Å². The zero-order valence-corrected chi connectivity index (χ0v) is 16.6. The average molecular weight is 360 g/mol. The summed E-state index contributed by atoms with van der Waals surface area (Å²) < 4.78 is 0. The molecule has 1 saturated heterocycles. The third-order valence-corrected chi connectivity index (χ3v) is 5.82. The third-order valence-electron chi connectivity index (χ3n) is 4.51. The summed E-state index contributed by atoms with van der Waals surface area (Å²) >= 11 is 1.70. The molecule has 1 aliphatic rings. The van der Waals surface area contributed by atoms with Gasteiger partial charge < -0.3 is 16.4 Å².